The van der Waals surface area contributed by atoms with Gasteiger partial charge in [-0.25, -0.2) is 0 Å². The van der Waals surface area contributed by atoms with E-state index in [4.69, 9.17) is 4.74 Å². The van der Waals surface area contributed by atoms with Crippen LogP contribution >= 0.6 is 11.8 Å². The smallest absolute Gasteiger partial charge is 0.110 e. The molecule has 88 valence electrons. The normalized spacial score (nSPS) is 34.9. The first kappa shape index (κ1) is 11.9. The van der Waals surface area contributed by atoms with E-state index in [-0.39, 0.29) is 11.5 Å². The van der Waals surface area contributed by atoms with E-state index in [0.717, 1.165) is 4.90 Å². The predicted octanol–water partition coefficient (Wildman–Crippen LogP) is 1.64. The van der Waals surface area contributed by atoms with Crippen molar-refractivity contribution in [3.63, 3.8) is 0 Å². The second-order valence-corrected chi connectivity index (χ2v) is 5.23. The molecule has 3 nitrogen and oxygen atoms in total. The number of hydrogen-bond acceptors (Lipinski definition) is 4. The SMILES string of the molecule is C[C@@H]1O[C@H](Sc2ccccc2)C[C@H](O)[C@@H]1O. The highest BCUT2D eigenvalue weighted by Gasteiger charge is 2.34. The van der Waals surface area contributed by atoms with Crippen LogP contribution in [0.2, 0.25) is 0 Å². The summed E-state index contributed by atoms with van der Waals surface area (Å²) in [5, 5.41) is 19.2. The van der Waals surface area contributed by atoms with Gasteiger partial charge in [-0.15, -0.1) is 0 Å². The maximum atomic E-state index is 9.65. The number of rotatable bonds is 2. The lowest BCUT2D eigenvalue weighted by atomic mass is 10.0. The molecule has 0 bridgehead atoms. The second kappa shape index (κ2) is 5.19. The zero-order chi connectivity index (χ0) is 11.5. The molecule has 1 fully saturated rings. The molecule has 1 aliphatic rings. The van der Waals surface area contributed by atoms with E-state index >= 15 is 0 Å². The van der Waals surface area contributed by atoms with E-state index in [1.807, 2.05) is 30.3 Å². The fourth-order valence-electron chi connectivity index (χ4n) is 1.75. The lowest BCUT2D eigenvalue weighted by molar-refractivity contribution is -0.137. The Kier molecular flexibility index (Phi) is 3.86. The Morgan fingerprint density at radius 1 is 1.25 bits per heavy atom. The molecule has 0 amide bonds. The third-order valence-corrected chi connectivity index (χ3v) is 3.80. The van der Waals surface area contributed by atoms with Crippen LogP contribution in [0.4, 0.5) is 0 Å². The average Bonchev–Trinajstić information content (AvgIpc) is 2.27. The Hall–Kier alpha value is -0.550. The van der Waals surface area contributed by atoms with Gasteiger partial charge in [0.25, 0.3) is 0 Å². The summed E-state index contributed by atoms with van der Waals surface area (Å²) in [6, 6.07) is 9.93. The van der Waals surface area contributed by atoms with E-state index in [0.29, 0.717) is 6.42 Å². The van der Waals surface area contributed by atoms with E-state index in [1.165, 1.54) is 0 Å². The molecule has 1 aromatic rings. The second-order valence-electron chi connectivity index (χ2n) is 4.00. The van der Waals surface area contributed by atoms with Gasteiger partial charge in [0, 0.05) is 11.3 Å². The number of ether oxygens (including phenoxy) is 1. The number of hydrogen-bond donors (Lipinski definition) is 2. The third kappa shape index (κ3) is 2.77. The summed E-state index contributed by atoms with van der Waals surface area (Å²) >= 11 is 1.58. The van der Waals surface area contributed by atoms with Gasteiger partial charge in [-0.3, -0.25) is 0 Å². The van der Waals surface area contributed by atoms with E-state index in [9.17, 15) is 10.2 Å². The Balaban J connectivity index is 1.97. The van der Waals surface area contributed by atoms with Crippen molar-refractivity contribution < 1.29 is 14.9 Å². The molecule has 2 N–H and O–H groups in total. The minimum atomic E-state index is -0.771. The Bertz CT molecular complexity index is 318. The summed E-state index contributed by atoms with van der Waals surface area (Å²) < 4.78 is 5.63. The summed E-state index contributed by atoms with van der Waals surface area (Å²) in [4.78, 5) is 1.11. The molecule has 0 radical (unpaired) electrons. The standard InChI is InChI=1S/C12H16O3S/c1-8-12(14)10(13)7-11(15-8)16-9-5-3-2-4-6-9/h2-6,8,10-14H,7H2,1H3/t8-,10-,11+,12+/m0/s1. The monoisotopic (exact) mass is 240 g/mol. The van der Waals surface area contributed by atoms with Crippen molar-refractivity contribution in [3.05, 3.63) is 30.3 Å². The molecule has 0 aromatic heterocycles. The average molecular weight is 240 g/mol. The zero-order valence-electron chi connectivity index (χ0n) is 9.11. The van der Waals surface area contributed by atoms with Crippen molar-refractivity contribution in [2.24, 2.45) is 0 Å². The lowest BCUT2D eigenvalue weighted by Gasteiger charge is -2.35. The predicted molar refractivity (Wildman–Crippen MR) is 63.3 cm³/mol. The molecule has 0 spiro atoms. The first-order valence-electron chi connectivity index (χ1n) is 5.40. The Labute approximate surface area is 99.4 Å². The van der Waals surface area contributed by atoms with Gasteiger partial charge in [0.15, 0.2) is 0 Å². The lowest BCUT2D eigenvalue weighted by Crippen LogP contribution is -2.45. The van der Waals surface area contributed by atoms with Gasteiger partial charge >= 0.3 is 0 Å². The summed E-state index contributed by atoms with van der Waals surface area (Å²) in [6.45, 7) is 1.78. The first-order chi connectivity index (χ1) is 7.66. The highest BCUT2D eigenvalue weighted by molar-refractivity contribution is 7.99. The number of aliphatic hydroxyl groups excluding tert-OH is 2. The molecule has 4 heteroatoms. The first-order valence-corrected chi connectivity index (χ1v) is 6.28. The van der Waals surface area contributed by atoms with Crippen molar-refractivity contribution >= 4 is 11.8 Å². The van der Waals surface area contributed by atoms with Crippen LogP contribution in [0, 0.1) is 0 Å². The van der Waals surface area contributed by atoms with Crippen LogP contribution in [-0.4, -0.2) is 34.0 Å². The van der Waals surface area contributed by atoms with Crippen LogP contribution in [0.1, 0.15) is 13.3 Å². The third-order valence-electron chi connectivity index (χ3n) is 2.69. The van der Waals surface area contributed by atoms with Crippen LogP contribution in [0.15, 0.2) is 35.2 Å². The molecule has 0 saturated carbocycles. The summed E-state index contributed by atoms with van der Waals surface area (Å²) in [6.07, 6.45) is -1.31. The summed E-state index contributed by atoms with van der Waals surface area (Å²) in [5.41, 5.74) is -0.0872. The Morgan fingerprint density at radius 2 is 1.94 bits per heavy atom. The van der Waals surface area contributed by atoms with Crippen LogP contribution < -0.4 is 0 Å². The van der Waals surface area contributed by atoms with Crippen molar-refractivity contribution in [3.8, 4) is 0 Å². The van der Waals surface area contributed by atoms with Crippen molar-refractivity contribution in [2.75, 3.05) is 0 Å². The van der Waals surface area contributed by atoms with Gasteiger partial charge in [0.1, 0.15) is 11.5 Å². The van der Waals surface area contributed by atoms with Crippen LogP contribution in [0.25, 0.3) is 0 Å². The van der Waals surface area contributed by atoms with E-state index in [2.05, 4.69) is 0 Å². The highest BCUT2D eigenvalue weighted by Crippen LogP contribution is 2.32. The van der Waals surface area contributed by atoms with Gasteiger partial charge in [-0.05, 0) is 19.1 Å². The topological polar surface area (TPSA) is 49.7 Å². The van der Waals surface area contributed by atoms with Crippen molar-refractivity contribution in [1.29, 1.82) is 0 Å². The molecule has 4 atom stereocenters. The molecule has 1 aliphatic heterocycles. The zero-order valence-corrected chi connectivity index (χ0v) is 9.93. The summed E-state index contributed by atoms with van der Waals surface area (Å²) in [7, 11) is 0. The molecule has 0 unspecified atom stereocenters. The Morgan fingerprint density at radius 3 is 2.56 bits per heavy atom. The fraction of sp³-hybridized carbons (Fsp3) is 0.500. The van der Waals surface area contributed by atoms with Crippen LogP contribution in [0.3, 0.4) is 0 Å². The number of thioether (sulfide) groups is 1. The molecular weight excluding hydrogens is 224 g/mol. The molecule has 1 heterocycles. The number of aliphatic hydroxyl groups is 2. The molecule has 2 rings (SSSR count). The van der Waals surface area contributed by atoms with Crippen LogP contribution in [-0.2, 0) is 4.74 Å². The molecule has 1 aromatic carbocycles. The maximum Gasteiger partial charge on any atom is 0.110 e. The van der Waals surface area contributed by atoms with Gasteiger partial charge < -0.3 is 14.9 Å². The van der Waals surface area contributed by atoms with E-state index in [1.54, 1.807) is 18.7 Å². The largest absolute Gasteiger partial charge is 0.390 e. The van der Waals surface area contributed by atoms with Crippen molar-refractivity contribution in [2.45, 2.75) is 42.0 Å². The highest BCUT2D eigenvalue weighted by atomic mass is 32.2. The van der Waals surface area contributed by atoms with Gasteiger partial charge in [0.05, 0.1) is 12.2 Å². The minimum Gasteiger partial charge on any atom is -0.390 e. The van der Waals surface area contributed by atoms with Crippen LogP contribution in [0.5, 0.6) is 0 Å². The van der Waals surface area contributed by atoms with Gasteiger partial charge in [-0.2, -0.15) is 0 Å². The fourth-order valence-corrected chi connectivity index (χ4v) is 2.89. The molecular formula is C12H16O3S. The van der Waals surface area contributed by atoms with E-state index < -0.39 is 12.2 Å². The summed E-state index contributed by atoms with van der Waals surface area (Å²) in [5.74, 6) is 0. The minimum absolute atomic E-state index is 0.0872. The quantitative estimate of drug-likeness (QED) is 0.825. The molecule has 16 heavy (non-hydrogen) atoms. The van der Waals surface area contributed by atoms with Gasteiger partial charge in [0.2, 0.25) is 0 Å². The molecule has 0 aliphatic carbocycles. The van der Waals surface area contributed by atoms with Crippen molar-refractivity contribution in [1.82, 2.24) is 0 Å². The number of benzene rings is 1. The molecule has 1 saturated heterocycles. The maximum absolute atomic E-state index is 9.65. The van der Waals surface area contributed by atoms with Gasteiger partial charge in [-0.1, -0.05) is 30.0 Å².